The number of hydrogen-bond donors (Lipinski definition) is 1. The molecule has 1 aromatic rings. The van der Waals surface area contributed by atoms with E-state index in [2.05, 4.69) is 21.2 Å². The molecule has 0 amide bonds. The number of hydrogen-bond acceptors (Lipinski definition) is 4. The largest absolute Gasteiger partial charge is 0.454 e. The Morgan fingerprint density at radius 2 is 1.78 bits per heavy atom. The lowest BCUT2D eigenvalue weighted by molar-refractivity contribution is -0.148. The molecule has 2 aliphatic rings. The molecule has 130 valence electrons. The van der Waals surface area contributed by atoms with Crippen LogP contribution in [-0.2, 0) is 0 Å². The Kier molecular flexibility index (Phi) is 6.05. The van der Waals surface area contributed by atoms with Gasteiger partial charge in [0, 0.05) is 36.7 Å². The highest BCUT2D eigenvalue weighted by atomic mass is 79.9. The van der Waals surface area contributed by atoms with Crippen LogP contribution < -0.4 is 14.8 Å². The maximum atomic E-state index is 13.0. The summed E-state index contributed by atoms with van der Waals surface area (Å²) in [6.45, 7) is 2.65. The first kappa shape index (κ1) is 18.6. The van der Waals surface area contributed by atoms with Crippen LogP contribution in [0.15, 0.2) is 16.6 Å². The number of piperazine rings is 1. The molecule has 1 N–H and O–H groups in total. The second-order valence-corrected chi connectivity index (χ2v) is 6.20. The molecule has 3 rings (SSSR count). The number of nitrogens with zero attached hydrogens (tertiary/aromatic N) is 1. The van der Waals surface area contributed by atoms with E-state index in [0.29, 0.717) is 47.7 Å². The van der Waals surface area contributed by atoms with Crippen molar-refractivity contribution in [1.82, 2.24) is 10.2 Å². The van der Waals surface area contributed by atoms with E-state index >= 15 is 0 Å². The zero-order valence-electron chi connectivity index (χ0n) is 12.2. The van der Waals surface area contributed by atoms with Gasteiger partial charge in [0.05, 0.1) is 6.42 Å². The fourth-order valence-electron chi connectivity index (χ4n) is 2.84. The normalized spacial score (nSPS) is 19.3. The lowest BCUT2D eigenvalue weighted by atomic mass is 10.00. The van der Waals surface area contributed by atoms with E-state index in [0.717, 1.165) is 0 Å². The van der Waals surface area contributed by atoms with Crippen molar-refractivity contribution in [3.63, 3.8) is 0 Å². The smallest absolute Gasteiger partial charge is 0.390 e. The summed E-state index contributed by atoms with van der Waals surface area (Å²) in [6.07, 6.45) is -5.11. The Labute approximate surface area is 146 Å². The third-order valence-corrected chi connectivity index (χ3v) is 4.55. The van der Waals surface area contributed by atoms with E-state index in [1.54, 1.807) is 12.1 Å². The van der Waals surface area contributed by atoms with E-state index in [1.165, 1.54) is 0 Å². The van der Waals surface area contributed by atoms with E-state index in [4.69, 9.17) is 9.47 Å². The third-order valence-electron chi connectivity index (χ3n) is 3.87. The van der Waals surface area contributed by atoms with Crippen LogP contribution in [-0.4, -0.2) is 44.0 Å². The lowest BCUT2D eigenvalue weighted by Crippen LogP contribution is -2.46. The van der Waals surface area contributed by atoms with Crippen LogP contribution in [0.4, 0.5) is 13.2 Å². The van der Waals surface area contributed by atoms with Gasteiger partial charge < -0.3 is 14.8 Å². The van der Waals surface area contributed by atoms with Gasteiger partial charge in [0.1, 0.15) is 0 Å². The van der Waals surface area contributed by atoms with Crippen LogP contribution in [0.3, 0.4) is 0 Å². The monoisotopic (exact) mass is 416 g/mol. The van der Waals surface area contributed by atoms with Crippen molar-refractivity contribution in [1.29, 1.82) is 0 Å². The second kappa shape index (κ2) is 7.46. The summed E-state index contributed by atoms with van der Waals surface area (Å²) in [6, 6.07) is 2.61. The second-order valence-electron chi connectivity index (χ2n) is 5.35. The molecule has 2 heterocycles. The summed E-state index contributed by atoms with van der Waals surface area (Å²) in [4.78, 5) is 1.87. The van der Waals surface area contributed by atoms with Crippen molar-refractivity contribution in [2.45, 2.75) is 18.6 Å². The van der Waals surface area contributed by atoms with Gasteiger partial charge in [0.2, 0.25) is 6.79 Å². The molecule has 0 radical (unpaired) electrons. The molecule has 0 saturated carbocycles. The highest BCUT2D eigenvalue weighted by molar-refractivity contribution is 9.10. The van der Waals surface area contributed by atoms with Crippen LogP contribution in [0.1, 0.15) is 18.0 Å². The van der Waals surface area contributed by atoms with E-state index in [1.807, 2.05) is 4.90 Å². The summed E-state index contributed by atoms with van der Waals surface area (Å²) in [7, 11) is 0. The van der Waals surface area contributed by atoms with Gasteiger partial charge in [-0.2, -0.15) is 13.2 Å². The first-order chi connectivity index (χ1) is 10.4. The van der Waals surface area contributed by atoms with Crippen molar-refractivity contribution in [3.8, 4) is 11.5 Å². The van der Waals surface area contributed by atoms with Gasteiger partial charge in [0.25, 0.3) is 0 Å². The SMILES string of the molecule is Cl.FC(F)(F)C[C@@H](c1cc2c(cc1Br)OCO2)N1CCNCC1. The Morgan fingerprint density at radius 1 is 1.17 bits per heavy atom. The van der Waals surface area contributed by atoms with Crippen LogP contribution in [0.25, 0.3) is 0 Å². The molecule has 4 nitrogen and oxygen atoms in total. The highest BCUT2D eigenvalue weighted by Crippen LogP contribution is 2.43. The quantitative estimate of drug-likeness (QED) is 0.816. The third kappa shape index (κ3) is 4.43. The Bertz CT molecular complexity index is 554. The Morgan fingerprint density at radius 3 is 2.39 bits per heavy atom. The van der Waals surface area contributed by atoms with E-state index in [-0.39, 0.29) is 19.2 Å². The lowest BCUT2D eigenvalue weighted by Gasteiger charge is -2.36. The predicted octanol–water partition coefficient (Wildman–Crippen LogP) is 3.50. The number of rotatable bonds is 3. The fraction of sp³-hybridized carbons (Fsp3) is 0.571. The first-order valence-electron chi connectivity index (χ1n) is 7.04. The van der Waals surface area contributed by atoms with Crippen molar-refractivity contribution in [3.05, 3.63) is 22.2 Å². The van der Waals surface area contributed by atoms with Gasteiger partial charge in [-0.05, 0) is 17.7 Å². The van der Waals surface area contributed by atoms with Gasteiger partial charge >= 0.3 is 6.18 Å². The molecular weight excluding hydrogens is 401 g/mol. The molecule has 0 aromatic heterocycles. The Balaban J connectivity index is 0.00000192. The van der Waals surface area contributed by atoms with E-state index in [9.17, 15) is 13.2 Å². The molecule has 0 aliphatic carbocycles. The number of benzene rings is 1. The topological polar surface area (TPSA) is 33.7 Å². The fourth-order valence-corrected chi connectivity index (χ4v) is 3.42. The maximum absolute atomic E-state index is 13.0. The van der Waals surface area contributed by atoms with E-state index < -0.39 is 18.6 Å². The van der Waals surface area contributed by atoms with Gasteiger partial charge in [-0.1, -0.05) is 15.9 Å². The zero-order valence-corrected chi connectivity index (χ0v) is 14.6. The molecule has 0 bridgehead atoms. The summed E-state index contributed by atoms with van der Waals surface area (Å²) >= 11 is 3.38. The van der Waals surface area contributed by atoms with Crippen molar-refractivity contribution in [2.75, 3.05) is 33.0 Å². The molecule has 1 atom stereocenters. The number of fused-ring (bicyclic) bond motifs is 1. The Hall–Kier alpha value is -0.700. The number of ether oxygens (including phenoxy) is 2. The van der Waals surface area contributed by atoms with Crippen molar-refractivity contribution < 1.29 is 22.6 Å². The molecule has 23 heavy (non-hydrogen) atoms. The number of nitrogens with one attached hydrogen (secondary N) is 1. The first-order valence-corrected chi connectivity index (χ1v) is 7.84. The minimum Gasteiger partial charge on any atom is -0.454 e. The number of alkyl halides is 3. The minimum absolute atomic E-state index is 0. The standard InChI is InChI=1S/C14H16BrF3N2O2.ClH/c15-10-6-13-12(21-8-22-13)5-9(10)11(7-14(16,17)18)20-3-1-19-2-4-20;/h5-6,11,19H,1-4,7-8H2;1H/t11-;/m0./s1. The van der Waals surface area contributed by atoms with Crippen molar-refractivity contribution in [2.24, 2.45) is 0 Å². The number of halogens is 5. The summed E-state index contributed by atoms with van der Waals surface area (Å²) < 4.78 is 50.3. The van der Waals surface area contributed by atoms with Crippen LogP contribution in [0.5, 0.6) is 11.5 Å². The molecular formula is C14H17BrClF3N2O2. The minimum atomic E-state index is -4.23. The molecule has 0 unspecified atom stereocenters. The van der Waals surface area contributed by atoms with Crippen LogP contribution in [0.2, 0.25) is 0 Å². The molecule has 0 spiro atoms. The molecule has 1 saturated heterocycles. The average molecular weight is 418 g/mol. The molecule has 1 fully saturated rings. The maximum Gasteiger partial charge on any atom is 0.390 e. The molecule has 9 heteroatoms. The average Bonchev–Trinajstić information content (AvgIpc) is 2.91. The van der Waals surface area contributed by atoms with Gasteiger partial charge in [0.15, 0.2) is 11.5 Å². The molecule has 1 aromatic carbocycles. The zero-order chi connectivity index (χ0) is 15.7. The summed E-state index contributed by atoms with van der Waals surface area (Å²) in [5.74, 6) is 1.06. The summed E-state index contributed by atoms with van der Waals surface area (Å²) in [5.41, 5.74) is 0.587. The van der Waals surface area contributed by atoms with Crippen molar-refractivity contribution >= 4 is 28.3 Å². The van der Waals surface area contributed by atoms with Crippen LogP contribution >= 0.6 is 28.3 Å². The highest BCUT2D eigenvalue weighted by Gasteiger charge is 2.37. The summed E-state index contributed by atoms with van der Waals surface area (Å²) in [5, 5.41) is 3.16. The van der Waals surface area contributed by atoms with Gasteiger partial charge in [-0.25, -0.2) is 0 Å². The molecule has 2 aliphatic heterocycles. The predicted molar refractivity (Wildman–Crippen MR) is 85.4 cm³/mol. The van der Waals surface area contributed by atoms with Gasteiger partial charge in [-0.3, -0.25) is 4.90 Å². The van der Waals surface area contributed by atoms with Crippen LogP contribution in [0, 0.1) is 0 Å². The van der Waals surface area contributed by atoms with Gasteiger partial charge in [-0.15, -0.1) is 12.4 Å².